The van der Waals surface area contributed by atoms with E-state index in [0.29, 0.717) is 0 Å². The van der Waals surface area contributed by atoms with E-state index in [-0.39, 0.29) is 16.8 Å². The number of nitrogens with one attached hydrogen (secondary N) is 2. The highest BCUT2D eigenvalue weighted by molar-refractivity contribution is 7.89. The monoisotopic (exact) mass is 382 g/mol. The Hall–Kier alpha value is -1.93. The van der Waals surface area contributed by atoms with E-state index in [1.165, 1.54) is 32.4 Å². The summed E-state index contributed by atoms with van der Waals surface area (Å²) in [6.45, 7) is 2.86. The summed E-state index contributed by atoms with van der Waals surface area (Å²) in [6, 6.07) is 6.76. The number of rotatable bonds is 7. The van der Waals surface area contributed by atoms with E-state index in [4.69, 9.17) is 4.74 Å². The summed E-state index contributed by atoms with van der Waals surface area (Å²) < 4.78 is 31.8. The fraction of sp³-hybridized carbons (Fsp3) is 0.556. The van der Waals surface area contributed by atoms with Crippen LogP contribution in [0, 0.1) is 0 Å². The lowest BCUT2D eigenvalue weighted by atomic mass is 9.95. The second kappa shape index (κ2) is 9.14. The van der Waals surface area contributed by atoms with Crippen LogP contribution in [0.1, 0.15) is 46.0 Å². The van der Waals surface area contributed by atoms with Crippen LogP contribution in [0.4, 0.5) is 0 Å². The maximum absolute atomic E-state index is 12.2. The lowest BCUT2D eigenvalue weighted by Crippen LogP contribution is -2.46. The molecule has 7 nitrogen and oxygen atoms in total. The summed E-state index contributed by atoms with van der Waals surface area (Å²) in [6.07, 6.45) is 4.22. The summed E-state index contributed by atoms with van der Waals surface area (Å²) in [5, 5.41) is 2.88. The Labute approximate surface area is 154 Å². The highest BCUT2D eigenvalue weighted by Crippen LogP contribution is 2.17. The molecule has 1 fully saturated rings. The normalized spacial score (nSPS) is 17.9. The van der Waals surface area contributed by atoms with Crippen molar-refractivity contribution >= 4 is 21.9 Å². The van der Waals surface area contributed by atoms with Crippen molar-refractivity contribution in [2.45, 2.75) is 69.0 Å². The van der Waals surface area contributed by atoms with Gasteiger partial charge in [0, 0.05) is 6.04 Å². The third-order valence-corrected chi connectivity index (χ3v) is 5.91. The number of carbonyl (C=O) groups is 2. The highest BCUT2D eigenvalue weighted by atomic mass is 32.2. The first-order valence-corrected chi connectivity index (χ1v) is 10.4. The van der Waals surface area contributed by atoms with Gasteiger partial charge in [-0.25, -0.2) is 8.42 Å². The van der Waals surface area contributed by atoms with Gasteiger partial charge in [-0.05, 0) is 38.8 Å². The fourth-order valence-electron chi connectivity index (χ4n) is 2.84. The maximum atomic E-state index is 12.2. The van der Waals surface area contributed by atoms with Gasteiger partial charge in [0.1, 0.15) is 6.04 Å². The van der Waals surface area contributed by atoms with Crippen molar-refractivity contribution in [3.8, 4) is 0 Å². The quantitative estimate of drug-likeness (QED) is 0.700. The molecule has 0 radical (unpaired) electrons. The van der Waals surface area contributed by atoms with Gasteiger partial charge in [-0.2, -0.15) is 4.72 Å². The van der Waals surface area contributed by atoms with Crippen molar-refractivity contribution in [2.24, 2.45) is 0 Å². The number of carbonyl (C=O) groups excluding carboxylic acids is 2. The number of amides is 1. The van der Waals surface area contributed by atoms with Gasteiger partial charge in [0.15, 0.2) is 6.10 Å². The zero-order valence-electron chi connectivity index (χ0n) is 15.1. The van der Waals surface area contributed by atoms with Gasteiger partial charge >= 0.3 is 5.97 Å². The number of sulfonamides is 1. The Morgan fingerprint density at radius 2 is 1.69 bits per heavy atom. The third kappa shape index (κ3) is 5.81. The van der Waals surface area contributed by atoms with Crippen LogP contribution in [0.25, 0.3) is 0 Å². The summed E-state index contributed by atoms with van der Waals surface area (Å²) in [5.41, 5.74) is 0. The lowest BCUT2D eigenvalue weighted by Gasteiger charge is -2.24. The molecule has 8 heteroatoms. The van der Waals surface area contributed by atoms with E-state index in [1.54, 1.807) is 18.2 Å². The molecule has 2 rings (SSSR count). The van der Waals surface area contributed by atoms with E-state index in [0.717, 1.165) is 25.7 Å². The molecule has 0 aromatic heterocycles. The van der Waals surface area contributed by atoms with Crippen molar-refractivity contribution in [1.29, 1.82) is 0 Å². The van der Waals surface area contributed by atoms with Gasteiger partial charge in [-0.15, -0.1) is 0 Å². The number of esters is 1. The van der Waals surface area contributed by atoms with E-state index in [2.05, 4.69) is 10.0 Å². The number of hydrogen-bond donors (Lipinski definition) is 2. The fourth-order valence-corrected chi connectivity index (χ4v) is 4.06. The maximum Gasteiger partial charge on any atom is 0.324 e. The van der Waals surface area contributed by atoms with Gasteiger partial charge in [-0.1, -0.05) is 37.5 Å². The van der Waals surface area contributed by atoms with Gasteiger partial charge in [0.2, 0.25) is 10.0 Å². The Morgan fingerprint density at radius 1 is 1.08 bits per heavy atom. The standard InChI is InChI=1S/C18H26N2O5S/c1-13(20-26(23,24)16-11-7-4-8-12-16)18(22)25-14(2)17(21)19-15-9-5-3-6-10-15/h4,7-8,11-15,20H,3,5-6,9-10H2,1-2H3,(H,19,21). The molecule has 2 N–H and O–H groups in total. The average molecular weight is 382 g/mol. The Balaban J connectivity index is 1.86. The molecule has 0 saturated heterocycles. The molecule has 2 unspecified atom stereocenters. The molecule has 2 atom stereocenters. The zero-order valence-corrected chi connectivity index (χ0v) is 15.9. The number of benzene rings is 1. The molecule has 1 aliphatic carbocycles. The summed E-state index contributed by atoms with van der Waals surface area (Å²) >= 11 is 0. The van der Waals surface area contributed by atoms with Crippen molar-refractivity contribution in [3.63, 3.8) is 0 Å². The minimum atomic E-state index is -3.83. The predicted molar refractivity (Wildman–Crippen MR) is 96.8 cm³/mol. The Morgan fingerprint density at radius 3 is 2.31 bits per heavy atom. The van der Waals surface area contributed by atoms with Crippen LogP contribution in [0.3, 0.4) is 0 Å². The molecule has 1 aromatic rings. The molecular weight excluding hydrogens is 356 g/mol. The van der Waals surface area contributed by atoms with Gasteiger partial charge < -0.3 is 10.1 Å². The minimum absolute atomic E-state index is 0.0581. The van der Waals surface area contributed by atoms with Gasteiger partial charge in [-0.3, -0.25) is 9.59 Å². The first kappa shape index (κ1) is 20.4. The van der Waals surface area contributed by atoms with E-state index in [9.17, 15) is 18.0 Å². The van der Waals surface area contributed by atoms with Gasteiger partial charge in [0.25, 0.3) is 5.91 Å². The van der Waals surface area contributed by atoms with Crippen LogP contribution in [0.2, 0.25) is 0 Å². The van der Waals surface area contributed by atoms with E-state index >= 15 is 0 Å². The van der Waals surface area contributed by atoms with Crippen molar-refractivity contribution < 1.29 is 22.7 Å². The summed E-state index contributed by atoms with van der Waals surface area (Å²) in [4.78, 5) is 24.3. The molecule has 0 spiro atoms. The summed E-state index contributed by atoms with van der Waals surface area (Å²) in [7, 11) is -3.83. The van der Waals surface area contributed by atoms with Crippen LogP contribution < -0.4 is 10.0 Å². The van der Waals surface area contributed by atoms with Crippen LogP contribution in [0.5, 0.6) is 0 Å². The first-order valence-electron chi connectivity index (χ1n) is 8.88. The minimum Gasteiger partial charge on any atom is -0.451 e. The number of ether oxygens (including phenoxy) is 1. The van der Waals surface area contributed by atoms with Crippen LogP contribution in [-0.2, 0) is 24.3 Å². The van der Waals surface area contributed by atoms with Crippen LogP contribution in [-0.4, -0.2) is 38.5 Å². The lowest BCUT2D eigenvalue weighted by molar-refractivity contribution is -0.156. The molecule has 26 heavy (non-hydrogen) atoms. The topological polar surface area (TPSA) is 102 Å². The molecule has 1 amide bonds. The second-order valence-electron chi connectivity index (χ2n) is 6.58. The number of hydrogen-bond acceptors (Lipinski definition) is 5. The Kier molecular flexibility index (Phi) is 7.16. The molecule has 0 bridgehead atoms. The smallest absolute Gasteiger partial charge is 0.324 e. The van der Waals surface area contributed by atoms with E-state index < -0.39 is 28.1 Å². The molecule has 0 heterocycles. The molecular formula is C18H26N2O5S. The van der Waals surface area contributed by atoms with Crippen molar-refractivity contribution in [3.05, 3.63) is 30.3 Å². The predicted octanol–water partition coefficient (Wildman–Crippen LogP) is 1.73. The highest BCUT2D eigenvalue weighted by Gasteiger charge is 2.27. The van der Waals surface area contributed by atoms with Gasteiger partial charge in [0.05, 0.1) is 4.90 Å². The molecule has 1 aromatic carbocycles. The summed E-state index contributed by atoms with van der Waals surface area (Å²) in [5.74, 6) is -1.15. The molecule has 1 aliphatic rings. The van der Waals surface area contributed by atoms with Crippen LogP contribution >= 0.6 is 0 Å². The largest absolute Gasteiger partial charge is 0.451 e. The second-order valence-corrected chi connectivity index (χ2v) is 8.29. The third-order valence-electron chi connectivity index (χ3n) is 4.35. The van der Waals surface area contributed by atoms with E-state index in [1.807, 2.05) is 0 Å². The van der Waals surface area contributed by atoms with Crippen LogP contribution in [0.15, 0.2) is 35.2 Å². The molecule has 0 aliphatic heterocycles. The van der Waals surface area contributed by atoms with Crippen molar-refractivity contribution in [1.82, 2.24) is 10.0 Å². The average Bonchev–Trinajstić information content (AvgIpc) is 2.62. The Bertz CT molecular complexity index is 714. The first-order chi connectivity index (χ1) is 12.3. The molecule has 1 saturated carbocycles. The van der Waals surface area contributed by atoms with Crippen molar-refractivity contribution in [2.75, 3.05) is 0 Å². The molecule has 144 valence electrons. The zero-order chi connectivity index (χ0) is 19.2. The SMILES string of the molecule is CC(NS(=O)(=O)c1ccccc1)C(=O)OC(C)C(=O)NC1CCCCC1.